The van der Waals surface area contributed by atoms with Crippen molar-refractivity contribution < 1.29 is 0 Å². The molecule has 0 aliphatic heterocycles. The van der Waals surface area contributed by atoms with Gasteiger partial charge in [0.15, 0.2) is 0 Å². The third-order valence-corrected chi connectivity index (χ3v) is 3.51. The molecule has 2 rings (SSSR count). The fourth-order valence-electron chi connectivity index (χ4n) is 2.93. The van der Waals surface area contributed by atoms with Crippen LogP contribution in [0.5, 0.6) is 0 Å². The van der Waals surface area contributed by atoms with Gasteiger partial charge in [-0.2, -0.15) is 0 Å². The van der Waals surface area contributed by atoms with E-state index in [1.165, 1.54) is 24.7 Å². The van der Waals surface area contributed by atoms with Crippen LogP contribution in [-0.2, 0) is 0 Å². The molecule has 0 saturated heterocycles. The molecule has 2 aliphatic carbocycles. The molecule has 2 fully saturated rings. The summed E-state index contributed by atoms with van der Waals surface area (Å²) in [7, 11) is 0. The number of hydrogen-bond acceptors (Lipinski definition) is 0. The summed E-state index contributed by atoms with van der Waals surface area (Å²) in [5.41, 5.74) is 0. The Labute approximate surface area is 70.4 Å². The Balaban J connectivity index is 1.83. The van der Waals surface area contributed by atoms with Crippen molar-refractivity contribution in [1.82, 2.24) is 0 Å². The Morgan fingerprint density at radius 1 is 1.27 bits per heavy atom. The summed E-state index contributed by atoms with van der Waals surface area (Å²) in [5, 5.41) is 0. The summed E-state index contributed by atoms with van der Waals surface area (Å²) in [6.45, 7) is 4.73. The van der Waals surface area contributed by atoms with E-state index < -0.39 is 0 Å². The van der Waals surface area contributed by atoms with Gasteiger partial charge in [-0.3, -0.25) is 0 Å². The van der Waals surface area contributed by atoms with Gasteiger partial charge in [-0.1, -0.05) is 33.1 Å². The molecule has 0 radical (unpaired) electrons. The standard InChI is InChI=1S/C11H20/c1-8(2)6-9-4-3-5-10-7-11(9)10/h8-11H,3-7H2,1-2H3. The van der Waals surface area contributed by atoms with Crippen molar-refractivity contribution in [2.45, 2.75) is 46.0 Å². The van der Waals surface area contributed by atoms with E-state index >= 15 is 0 Å². The van der Waals surface area contributed by atoms with E-state index in [1.807, 2.05) is 0 Å². The SMILES string of the molecule is CC(C)CC1CCCC2CC12. The van der Waals surface area contributed by atoms with Crippen molar-refractivity contribution in [3.05, 3.63) is 0 Å². The minimum atomic E-state index is 0.930. The van der Waals surface area contributed by atoms with Crippen LogP contribution in [0.2, 0.25) is 0 Å². The fraction of sp³-hybridized carbons (Fsp3) is 1.00. The van der Waals surface area contributed by atoms with Crippen LogP contribution in [0, 0.1) is 23.7 Å². The van der Waals surface area contributed by atoms with E-state index in [9.17, 15) is 0 Å². The van der Waals surface area contributed by atoms with E-state index in [0.717, 1.165) is 11.8 Å². The molecule has 0 N–H and O–H groups in total. The average molecular weight is 152 g/mol. The van der Waals surface area contributed by atoms with E-state index in [0.29, 0.717) is 0 Å². The first-order valence-electron chi connectivity index (χ1n) is 5.27. The summed E-state index contributed by atoms with van der Waals surface area (Å²) < 4.78 is 0. The van der Waals surface area contributed by atoms with Gasteiger partial charge in [-0.15, -0.1) is 0 Å². The van der Waals surface area contributed by atoms with Gasteiger partial charge < -0.3 is 0 Å². The van der Waals surface area contributed by atoms with Gasteiger partial charge in [0.05, 0.1) is 0 Å². The van der Waals surface area contributed by atoms with Gasteiger partial charge in [0.2, 0.25) is 0 Å². The van der Waals surface area contributed by atoms with Gasteiger partial charge in [-0.05, 0) is 36.5 Å². The highest BCUT2D eigenvalue weighted by molar-refractivity contribution is 4.94. The molecule has 0 spiro atoms. The summed E-state index contributed by atoms with van der Waals surface area (Å²) >= 11 is 0. The average Bonchev–Trinajstić information content (AvgIpc) is 2.65. The second kappa shape index (κ2) is 2.80. The number of fused-ring (bicyclic) bond motifs is 1. The van der Waals surface area contributed by atoms with Crippen LogP contribution in [0.15, 0.2) is 0 Å². The van der Waals surface area contributed by atoms with Crippen LogP contribution < -0.4 is 0 Å². The molecule has 11 heavy (non-hydrogen) atoms. The van der Waals surface area contributed by atoms with Gasteiger partial charge in [0.25, 0.3) is 0 Å². The molecule has 0 heterocycles. The summed E-state index contributed by atoms with van der Waals surface area (Å²) in [5.74, 6) is 4.40. The zero-order chi connectivity index (χ0) is 7.84. The lowest BCUT2D eigenvalue weighted by molar-refractivity contribution is 0.285. The van der Waals surface area contributed by atoms with Crippen molar-refractivity contribution in [3.8, 4) is 0 Å². The smallest absolute Gasteiger partial charge is 0.0354 e. The van der Waals surface area contributed by atoms with Crippen molar-refractivity contribution in [2.24, 2.45) is 23.7 Å². The molecule has 0 nitrogen and oxygen atoms in total. The molecule has 0 aromatic carbocycles. The Kier molecular flexibility index (Phi) is 1.95. The molecule has 0 amide bonds. The summed E-state index contributed by atoms with van der Waals surface area (Å²) in [4.78, 5) is 0. The molecular formula is C11H20. The quantitative estimate of drug-likeness (QED) is 0.568. The van der Waals surface area contributed by atoms with Gasteiger partial charge >= 0.3 is 0 Å². The third-order valence-electron chi connectivity index (χ3n) is 3.51. The van der Waals surface area contributed by atoms with Crippen molar-refractivity contribution in [1.29, 1.82) is 0 Å². The largest absolute Gasteiger partial charge is 0.0628 e. The van der Waals surface area contributed by atoms with E-state index in [-0.39, 0.29) is 0 Å². The molecule has 0 heteroatoms. The highest BCUT2D eigenvalue weighted by Crippen LogP contribution is 2.54. The Hall–Kier alpha value is 0. The van der Waals surface area contributed by atoms with Gasteiger partial charge in [0, 0.05) is 0 Å². The van der Waals surface area contributed by atoms with Crippen LogP contribution in [0.25, 0.3) is 0 Å². The van der Waals surface area contributed by atoms with E-state index in [4.69, 9.17) is 0 Å². The summed E-state index contributed by atoms with van der Waals surface area (Å²) in [6, 6.07) is 0. The zero-order valence-electron chi connectivity index (χ0n) is 7.84. The van der Waals surface area contributed by atoms with Gasteiger partial charge in [0.1, 0.15) is 0 Å². The molecule has 0 bridgehead atoms. The van der Waals surface area contributed by atoms with Crippen molar-refractivity contribution >= 4 is 0 Å². The number of hydrogen-bond donors (Lipinski definition) is 0. The molecule has 0 aromatic rings. The van der Waals surface area contributed by atoms with E-state index in [2.05, 4.69) is 13.8 Å². The van der Waals surface area contributed by atoms with Crippen LogP contribution in [0.4, 0.5) is 0 Å². The maximum atomic E-state index is 2.37. The Morgan fingerprint density at radius 3 is 2.82 bits per heavy atom. The summed E-state index contributed by atoms with van der Waals surface area (Å²) in [6.07, 6.45) is 7.70. The first-order valence-corrected chi connectivity index (χ1v) is 5.27. The van der Waals surface area contributed by atoms with Crippen molar-refractivity contribution in [2.75, 3.05) is 0 Å². The van der Waals surface area contributed by atoms with Gasteiger partial charge in [-0.25, -0.2) is 0 Å². The molecule has 0 aromatic heterocycles. The number of rotatable bonds is 2. The molecule has 3 unspecified atom stereocenters. The topological polar surface area (TPSA) is 0 Å². The second-order valence-corrected chi connectivity index (χ2v) is 4.98. The van der Waals surface area contributed by atoms with Crippen LogP contribution in [0.1, 0.15) is 46.0 Å². The zero-order valence-corrected chi connectivity index (χ0v) is 7.84. The minimum Gasteiger partial charge on any atom is -0.0628 e. The molecular weight excluding hydrogens is 132 g/mol. The molecule has 2 aliphatic rings. The predicted octanol–water partition coefficient (Wildman–Crippen LogP) is 3.47. The third kappa shape index (κ3) is 1.60. The highest BCUT2D eigenvalue weighted by atomic mass is 14.5. The fourth-order valence-corrected chi connectivity index (χ4v) is 2.93. The van der Waals surface area contributed by atoms with E-state index in [1.54, 1.807) is 19.3 Å². The lowest BCUT2D eigenvalue weighted by Crippen LogP contribution is -2.12. The Morgan fingerprint density at radius 2 is 2.09 bits per heavy atom. The molecule has 2 saturated carbocycles. The van der Waals surface area contributed by atoms with Crippen LogP contribution >= 0.6 is 0 Å². The monoisotopic (exact) mass is 152 g/mol. The maximum absolute atomic E-state index is 2.37. The maximum Gasteiger partial charge on any atom is -0.0354 e. The van der Waals surface area contributed by atoms with Crippen LogP contribution in [-0.4, -0.2) is 0 Å². The molecule has 64 valence electrons. The minimum absolute atomic E-state index is 0.930. The lowest BCUT2D eigenvalue weighted by atomic mass is 9.83. The first kappa shape index (κ1) is 7.64. The lowest BCUT2D eigenvalue weighted by Gasteiger charge is -2.22. The predicted molar refractivity (Wildman–Crippen MR) is 48.4 cm³/mol. The van der Waals surface area contributed by atoms with Crippen molar-refractivity contribution in [3.63, 3.8) is 0 Å². The second-order valence-electron chi connectivity index (χ2n) is 4.98. The van der Waals surface area contributed by atoms with Crippen LogP contribution in [0.3, 0.4) is 0 Å². The first-order chi connectivity index (χ1) is 5.27. The highest BCUT2D eigenvalue weighted by Gasteiger charge is 2.44. The molecule has 3 atom stereocenters. The normalized spacial score (nSPS) is 42.3. The Bertz CT molecular complexity index is 137.